The van der Waals surface area contributed by atoms with Crippen molar-refractivity contribution in [2.45, 2.75) is 45.6 Å². The van der Waals surface area contributed by atoms with Crippen LogP contribution in [0.25, 0.3) is 0 Å². The van der Waals surface area contributed by atoms with Gasteiger partial charge in [-0.05, 0) is 69.1 Å². The minimum absolute atomic E-state index is 0.0760. The third kappa shape index (κ3) is 1.39. The average molecular weight is 206 g/mol. The van der Waals surface area contributed by atoms with E-state index >= 15 is 0 Å². The molecule has 0 amide bonds. The fourth-order valence-electron chi connectivity index (χ4n) is 4.67. The molecule has 1 nitrogen and oxygen atoms in total. The molecule has 0 aliphatic heterocycles. The Morgan fingerprint density at radius 2 is 2.07 bits per heavy atom. The van der Waals surface area contributed by atoms with Gasteiger partial charge in [-0.3, -0.25) is 0 Å². The molecule has 0 radical (unpaired) electrons. The van der Waals surface area contributed by atoms with Crippen LogP contribution in [0.5, 0.6) is 0 Å². The zero-order valence-electron chi connectivity index (χ0n) is 9.82. The molecule has 0 aromatic rings. The predicted molar refractivity (Wildman–Crippen MR) is 61.4 cm³/mol. The second kappa shape index (κ2) is 3.35. The molecule has 0 saturated heterocycles. The van der Waals surface area contributed by atoms with Crippen LogP contribution in [0, 0.1) is 29.6 Å². The number of fused-ring (bicyclic) bond motifs is 5. The standard InChI is InChI=1S/C14H22O/c1-8-3-4-11-13(5-8)10-6-12(9(2)15)14(11)7-10/h3,9-15H,4-7H2,1-2H3. The highest BCUT2D eigenvalue weighted by molar-refractivity contribution is 5.13. The van der Waals surface area contributed by atoms with Crippen LogP contribution in [0.15, 0.2) is 11.6 Å². The van der Waals surface area contributed by atoms with Crippen molar-refractivity contribution in [3.05, 3.63) is 11.6 Å². The lowest BCUT2D eigenvalue weighted by Gasteiger charge is -2.39. The summed E-state index contributed by atoms with van der Waals surface area (Å²) in [6, 6.07) is 0. The van der Waals surface area contributed by atoms with Gasteiger partial charge in [0.1, 0.15) is 0 Å². The zero-order valence-corrected chi connectivity index (χ0v) is 9.82. The van der Waals surface area contributed by atoms with Gasteiger partial charge in [-0.15, -0.1) is 0 Å². The van der Waals surface area contributed by atoms with Crippen molar-refractivity contribution in [1.82, 2.24) is 0 Å². The summed E-state index contributed by atoms with van der Waals surface area (Å²) in [7, 11) is 0. The van der Waals surface area contributed by atoms with E-state index in [0.29, 0.717) is 5.92 Å². The van der Waals surface area contributed by atoms with Gasteiger partial charge >= 0.3 is 0 Å². The lowest BCUT2D eigenvalue weighted by Crippen LogP contribution is -2.34. The lowest BCUT2D eigenvalue weighted by atomic mass is 9.67. The van der Waals surface area contributed by atoms with E-state index in [1.807, 2.05) is 6.92 Å². The molecule has 3 rings (SSSR count). The van der Waals surface area contributed by atoms with E-state index in [0.717, 1.165) is 23.7 Å². The maximum Gasteiger partial charge on any atom is 0.0543 e. The van der Waals surface area contributed by atoms with Gasteiger partial charge in [-0.25, -0.2) is 0 Å². The van der Waals surface area contributed by atoms with Crippen molar-refractivity contribution < 1.29 is 5.11 Å². The summed E-state index contributed by atoms with van der Waals surface area (Å²) >= 11 is 0. The van der Waals surface area contributed by atoms with E-state index in [9.17, 15) is 5.11 Å². The van der Waals surface area contributed by atoms with Crippen LogP contribution in [-0.4, -0.2) is 11.2 Å². The van der Waals surface area contributed by atoms with E-state index in [1.165, 1.54) is 25.7 Å². The molecule has 3 aliphatic rings. The molecule has 2 bridgehead atoms. The number of aliphatic hydroxyl groups is 1. The van der Waals surface area contributed by atoms with Crippen molar-refractivity contribution in [3.63, 3.8) is 0 Å². The first kappa shape index (κ1) is 9.89. The fourth-order valence-corrected chi connectivity index (χ4v) is 4.67. The van der Waals surface area contributed by atoms with Crippen molar-refractivity contribution in [2.24, 2.45) is 29.6 Å². The Balaban J connectivity index is 1.82. The summed E-state index contributed by atoms with van der Waals surface area (Å²) in [6.45, 7) is 4.28. The molecular formula is C14H22O. The summed E-state index contributed by atoms with van der Waals surface area (Å²) in [5.41, 5.74) is 1.61. The molecule has 1 heteroatoms. The summed E-state index contributed by atoms with van der Waals surface area (Å²) in [5, 5.41) is 9.80. The van der Waals surface area contributed by atoms with Crippen molar-refractivity contribution in [3.8, 4) is 0 Å². The third-order valence-electron chi connectivity index (χ3n) is 5.32. The van der Waals surface area contributed by atoms with E-state index in [2.05, 4.69) is 13.0 Å². The quantitative estimate of drug-likeness (QED) is 0.654. The van der Waals surface area contributed by atoms with Gasteiger partial charge < -0.3 is 5.11 Å². The minimum Gasteiger partial charge on any atom is -0.393 e. The molecular weight excluding hydrogens is 184 g/mol. The van der Waals surface area contributed by atoms with Crippen LogP contribution < -0.4 is 0 Å². The highest BCUT2D eigenvalue weighted by Gasteiger charge is 2.53. The Kier molecular flexibility index (Phi) is 2.21. The van der Waals surface area contributed by atoms with E-state index in [4.69, 9.17) is 0 Å². The molecule has 6 unspecified atom stereocenters. The minimum atomic E-state index is -0.0760. The normalized spacial score (nSPS) is 50.1. The highest BCUT2D eigenvalue weighted by Crippen LogP contribution is 2.60. The second-order valence-corrected chi connectivity index (χ2v) is 6.12. The predicted octanol–water partition coefficient (Wildman–Crippen LogP) is 3.00. The largest absolute Gasteiger partial charge is 0.393 e. The molecule has 0 aromatic heterocycles. The van der Waals surface area contributed by atoms with Gasteiger partial charge in [0, 0.05) is 0 Å². The first-order valence-electron chi connectivity index (χ1n) is 6.50. The van der Waals surface area contributed by atoms with E-state index in [-0.39, 0.29) is 6.10 Å². The van der Waals surface area contributed by atoms with Crippen LogP contribution in [0.1, 0.15) is 39.5 Å². The molecule has 2 fully saturated rings. The Hall–Kier alpha value is -0.300. The first-order valence-corrected chi connectivity index (χ1v) is 6.50. The van der Waals surface area contributed by atoms with Gasteiger partial charge in [-0.2, -0.15) is 0 Å². The molecule has 0 heterocycles. The van der Waals surface area contributed by atoms with Gasteiger partial charge in [-0.1, -0.05) is 11.6 Å². The van der Waals surface area contributed by atoms with Crippen molar-refractivity contribution in [2.75, 3.05) is 0 Å². The molecule has 15 heavy (non-hydrogen) atoms. The zero-order chi connectivity index (χ0) is 10.6. The SMILES string of the molecule is CC1=CCC2C(C1)C1CC(C(C)O)C2C1. The summed E-state index contributed by atoms with van der Waals surface area (Å²) < 4.78 is 0. The van der Waals surface area contributed by atoms with Crippen molar-refractivity contribution in [1.29, 1.82) is 0 Å². The molecule has 1 N–H and O–H groups in total. The maximum atomic E-state index is 9.80. The average Bonchev–Trinajstić information content (AvgIpc) is 2.74. The summed E-state index contributed by atoms with van der Waals surface area (Å²) in [4.78, 5) is 0. The molecule has 2 saturated carbocycles. The van der Waals surface area contributed by atoms with Crippen LogP contribution in [-0.2, 0) is 0 Å². The van der Waals surface area contributed by atoms with Crippen LogP contribution in [0.2, 0.25) is 0 Å². The van der Waals surface area contributed by atoms with Gasteiger partial charge in [0.2, 0.25) is 0 Å². The second-order valence-electron chi connectivity index (χ2n) is 6.12. The smallest absolute Gasteiger partial charge is 0.0543 e. The molecule has 0 spiro atoms. The number of allylic oxidation sites excluding steroid dienone is 2. The summed E-state index contributed by atoms with van der Waals surface area (Å²) in [5.74, 6) is 4.26. The van der Waals surface area contributed by atoms with Crippen LogP contribution in [0.4, 0.5) is 0 Å². The van der Waals surface area contributed by atoms with E-state index < -0.39 is 0 Å². The first-order chi connectivity index (χ1) is 7.16. The Labute approximate surface area is 92.6 Å². The number of hydrogen-bond donors (Lipinski definition) is 1. The monoisotopic (exact) mass is 206 g/mol. The maximum absolute atomic E-state index is 9.80. The topological polar surface area (TPSA) is 20.2 Å². The molecule has 0 aromatic carbocycles. The lowest BCUT2D eigenvalue weighted by molar-refractivity contribution is 0.0470. The third-order valence-corrected chi connectivity index (χ3v) is 5.32. The molecule has 84 valence electrons. The van der Waals surface area contributed by atoms with Gasteiger partial charge in [0.05, 0.1) is 6.10 Å². The Bertz CT molecular complexity index is 292. The highest BCUT2D eigenvalue weighted by atomic mass is 16.3. The number of hydrogen-bond acceptors (Lipinski definition) is 1. The molecule has 3 aliphatic carbocycles. The van der Waals surface area contributed by atoms with Gasteiger partial charge in [0.15, 0.2) is 0 Å². The Morgan fingerprint density at radius 3 is 2.80 bits per heavy atom. The number of rotatable bonds is 1. The summed E-state index contributed by atoms with van der Waals surface area (Å²) in [6.07, 6.45) is 7.72. The number of aliphatic hydroxyl groups excluding tert-OH is 1. The van der Waals surface area contributed by atoms with Crippen molar-refractivity contribution >= 4 is 0 Å². The van der Waals surface area contributed by atoms with Gasteiger partial charge in [0.25, 0.3) is 0 Å². The fraction of sp³-hybridized carbons (Fsp3) is 0.857. The van der Waals surface area contributed by atoms with Crippen LogP contribution >= 0.6 is 0 Å². The Morgan fingerprint density at radius 1 is 1.27 bits per heavy atom. The molecule has 6 atom stereocenters. The van der Waals surface area contributed by atoms with Crippen LogP contribution in [0.3, 0.4) is 0 Å². The van der Waals surface area contributed by atoms with E-state index in [1.54, 1.807) is 5.57 Å².